The van der Waals surface area contributed by atoms with Gasteiger partial charge in [-0.1, -0.05) is 48.5 Å². The number of halogens is 6. The number of aromatic nitrogens is 15. The maximum absolute atomic E-state index is 13.2. The van der Waals surface area contributed by atoms with E-state index >= 15 is 0 Å². The standard InChI is InChI=1S/2C28H26F3N5O2S.C25H26N6O2S.C24H25N7O2S/c29-28(30,31)20-5-1-3-18(14-20)25-19(4-2-11-33-25)16-34-21-8-6-17(7-9-21)13-24-32-12-10-22(35-24)15-23-26(37)36-27(38)39-23;29-28(30,31)20-7-5-18(6-8-20)25-19(2-1-12-33-25)16-34-21-9-3-17(4-10-21)14-24-32-13-11-22(35-24)15-23-26(37)36-27(38)39-23;32-24-21(34-25(33)31-24)14-19-9-12-27-22(30-19)13-16-5-7-18(8-6-16)29-15-17-3-1-11-28-23(17)20-4-2-10-26-20;32-23-20(34-24(33)30-23)13-18-7-10-25-21(29-18)12-15-3-5-17(6-4-15)27-14-16-2-1-9-26-22(16)19-8-11-28-31-19/h1-5,10-12,14-15,17,21,34H,6-9,13,16H2,(H,36,37,38);1-2,5-8,11-13,15,17,21,34H,3-4,9-10,14,16H2,(H,36,37,38);1-4,9-12,14,16,18,26,29H,5-8,13,15H2,(H,31,32,33);1-2,7-11,13,15,17,27H,3-6,12,14H2,(H,28,31)(H,30,32,33)/b2*23-15-;21-14-;20-13-. The summed E-state index contributed by atoms with van der Waals surface area (Å²) in [6.45, 7) is 2.66. The molecular formula is C105H103F6N23O8S4. The summed E-state index contributed by atoms with van der Waals surface area (Å²) in [4.78, 5) is 151. The van der Waals surface area contributed by atoms with E-state index in [1.165, 1.54) is 23.8 Å². The molecule has 0 unspecified atom stereocenters. The zero-order chi connectivity index (χ0) is 101. The van der Waals surface area contributed by atoms with E-state index in [9.17, 15) is 64.7 Å². The van der Waals surface area contributed by atoms with Gasteiger partial charge >= 0.3 is 12.4 Å². The number of carbonyl (C=O) groups excluding carboxylic acids is 8. The Morgan fingerprint density at radius 1 is 0.308 bits per heavy atom. The van der Waals surface area contributed by atoms with Crippen molar-refractivity contribution in [1.82, 2.24) is 118 Å². The third-order valence-electron chi connectivity index (χ3n) is 26.3. The van der Waals surface area contributed by atoms with Gasteiger partial charge < -0.3 is 26.3 Å². The van der Waals surface area contributed by atoms with E-state index in [2.05, 4.69) is 130 Å². The van der Waals surface area contributed by atoms with Gasteiger partial charge in [-0.15, -0.1) is 0 Å². The number of H-pyrrole nitrogens is 2. The lowest BCUT2D eigenvalue weighted by Crippen LogP contribution is -2.33. The van der Waals surface area contributed by atoms with Crippen molar-refractivity contribution in [2.24, 2.45) is 23.7 Å². The fourth-order valence-corrected chi connectivity index (χ4v) is 21.5. The average Bonchev–Trinajstić information content (AvgIpc) is 1.46. The summed E-state index contributed by atoms with van der Waals surface area (Å²) in [5.74, 6) is 3.36. The van der Waals surface area contributed by atoms with Crippen LogP contribution in [0.1, 0.15) is 182 Å². The Labute approximate surface area is 853 Å². The van der Waals surface area contributed by atoms with Gasteiger partial charge in [0.05, 0.1) is 87.7 Å². The van der Waals surface area contributed by atoms with Gasteiger partial charge in [0, 0.05) is 149 Å². The van der Waals surface area contributed by atoms with Crippen LogP contribution in [0.3, 0.4) is 0 Å². The number of pyridine rings is 4. The molecule has 20 rings (SSSR count). The molecule has 4 saturated heterocycles. The molecule has 8 aliphatic rings. The maximum Gasteiger partial charge on any atom is 0.416 e. The fraction of sp³-hybridized carbons (Fsp3) is 0.324. The summed E-state index contributed by atoms with van der Waals surface area (Å²) in [6.07, 6.45) is 35.0. The number of alkyl halides is 6. The number of imide groups is 4. The molecule has 41 heteroatoms. The number of carbonyl (C=O) groups is 8. The Kier molecular flexibility index (Phi) is 35.0. The molecule has 146 heavy (non-hydrogen) atoms. The summed E-state index contributed by atoms with van der Waals surface area (Å²) >= 11 is 3.52. The van der Waals surface area contributed by atoms with Crippen LogP contribution in [0.5, 0.6) is 0 Å². The molecule has 8 fully saturated rings. The van der Waals surface area contributed by atoms with Crippen LogP contribution in [0.15, 0.2) is 221 Å². The fourth-order valence-electron chi connectivity index (χ4n) is 18.8. The number of thioether (sulfide) groups is 4. The first kappa shape index (κ1) is 104. The van der Waals surface area contributed by atoms with E-state index in [-0.39, 0.29) is 32.8 Å². The number of nitrogens with one attached hydrogen (secondary N) is 10. The Balaban J connectivity index is 0.000000133. The molecule has 4 saturated carbocycles. The van der Waals surface area contributed by atoms with E-state index in [1.54, 1.807) is 110 Å². The summed E-state index contributed by atoms with van der Waals surface area (Å²) in [5, 5.41) is 29.2. The molecule has 0 radical (unpaired) electrons. The SMILES string of the molecule is O=C1NC(=O)/C(=C/c2ccnc(CC3CCC(NCc4cccnc4-c4ccc(C(F)(F)F)cc4)CC3)n2)S1.O=C1NC(=O)/C(=C/c2ccnc(CC3CCC(NCc4cccnc4-c4ccc[nH]4)CC3)n2)S1.O=C1NC(=O)/C(=C/c2ccnc(CC3CCC(NCc4cccnc4-c4cccc(C(F)(F)F)c4)CC3)n2)S1.O=C1NC(=O)/C(=C/c2ccnc(CC3CCC(NCc4cccnc4-c4ccn[nH]4)CC3)n2)S1. The maximum atomic E-state index is 13.2. The van der Waals surface area contributed by atoms with Crippen molar-refractivity contribution in [2.45, 2.75) is 191 Å². The van der Waals surface area contributed by atoms with Gasteiger partial charge in [-0.05, 0) is 311 Å². The third kappa shape index (κ3) is 29.3. The Morgan fingerprint density at radius 2 is 0.630 bits per heavy atom. The number of amides is 8. The van der Waals surface area contributed by atoms with Gasteiger partial charge in [-0.3, -0.25) is 84.7 Å². The van der Waals surface area contributed by atoms with Crippen LogP contribution in [-0.2, 0) is 83.4 Å². The number of aromatic amines is 2. The van der Waals surface area contributed by atoms with Gasteiger partial charge in [-0.25, -0.2) is 39.9 Å². The Bertz CT molecular complexity index is 6620. The first-order chi connectivity index (χ1) is 70.8. The van der Waals surface area contributed by atoms with Gasteiger partial charge in [0.25, 0.3) is 44.6 Å². The second-order valence-electron chi connectivity index (χ2n) is 36.5. The Hall–Kier alpha value is -13.8. The van der Waals surface area contributed by atoms with Crippen LogP contribution < -0.4 is 42.5 Å². The van der Waals surface area contributed by atoms with Crippen molar-refractivity contribution >= 4 is 116 Å². The summed E-state index contributed by atoms with van der Waals surface area (Å²) in [7, 11) is 0. The van der Waals surface area contributed by atoms with Crippen LogP contribution in [0.4, 0.5) is 45.5 Å². The van der Waals surface area contributed by atoms with Gasteiger partial charge in [0.15, 0.2) is 0 Å². The third-order valence-corrected chi connectivity index (χ3v) is 29.6. The molecule has 10 aromatic heterocycles. The molecule has 12 aromatic rings. The first-order valence-electron chi connectivity index (χ1n) is 48.2. The van der Waals surface area contributed by atoms with Crippen molar-refractivity contribution in [1.29, 1.82) is 0 Å². The number of nitrogens with zero attached hydrogens (tertiary/aromatic N) is 13. The number of hydrogen-bond donors (Lipinski definition) is 10. The molecule has 8 amide bonds. The molecule has 10 N–H and O–H groups in total. The largest absolute Gasteiger partial charge is 0.416 e. The molecular weight excluding hydrogens is 1950 g/mol. The molecule has 752 valence electrons. The highest BCUT2D eigenvalue weighted by Crippen LogP contribution is 2.39. The number of benzene rings is 2. The van der Waals surface area contributed by atoms with E-state index in [1.807, 2.05) is 60.9 Å². The first-order valence-corrected chi connectivity index (χ1v) is 51.5. The highest BCUT2D eigenvalue weighted by atomic mass is 32.2. The van der Waals surface area contributed by atoms with Crippen molar-refractivity contribution in [3.63, 3.8) is 0 Å². The van der Waals surface area contributed by atoms with E-state index in [0.29, 0.717) is 137 Å². The van der Waals surface area contributed by atoms with Crippen LogP contribution in [-0.4, -0.2) is 144 Å². The molecule has 0 atom stereocenters. The minimum Gasteiger partial charge on any atom is -0.360 e. The predicted octanol–water partition coefficient (Wildman–Crippen LogP) is 19.1. The normalized spacial score (nSPS) is 21.2. The van der Waals surface area contributed by atoms with Crippen molar-refractivity contribution in [2.75, 3.05) is 0 Å². The molecule has 0 bridgehead atoms. The second kappa shape index (κ2) is 49.4. The summed E-state index contributed by atoms with van der Waals surface area (Å²) < 4.78 is 78.4. The quantitative estimate of drug-likeness (QED) is 0.0161. The molecule has 31 nitrogen and oxygen atoms in total. The molecule has 2 aromatic carbocycles. The highest BCUT2D eigenvalue weighted by Gasteiger charge is 2.36. The van der Waals surface area contributed by atoms with Crippen molar-refractivity contribution in [3.8, 4) is 45.3 Å². The molecule has 0 spiro atoms. The van der Waals surface area contributed by atoms with Crippen LogP contribution in [0.2, 0.25) is 0 Å². The van der Waals surface area contributed by atoms with Gasteiger partial charge in [0.1, 0.15) is 23.3 Å². The minimum absolute atomic E-state index is 0.295. The lowest BCUT2D eigenvalue weighted by Gasteiger charge is -2.29. The van der Waals surface area contributed by atoms with E-state index in [4.69, 9.17) is 0 Å². The zero-order valence-electron chi connectivity index (χ0n) is 78.9. The van der Waals surface area contributed by atoms with Crippen LogP contribution >= 0.6 is 47.0 Å². The average molecular weight is 2060 g/mol. The second-order valence-corrected chi connectivity index (χ2v) is 40.5. The predicted molar refractivity (Wildman–Crippen MR) is 545 cm³/mol. The van der Waals surface area contributed by atoms with Crippen LogP contribution in [0.25, 0.3) is 69.6 Å². The number of rotatable bonds is 28. The van der Waals surface area contributed by atoms with E-state index in [0.717, 1.165) is 264 Å². The molecule has 4 aliphatic carbocycles. The molecule has 14 heterocycles. The summed E-state index contributed by atoms with van der Waals surface area (Å²) in [6, 6.07) is 40.5. The van der Waals surface area contributed by atoms with E-state index < -0.39 is 35.3 Å². The molecule has 4 aliphatic heterocycles. The van der Waals surface area contributed by atoms with Gasteiger partial charge in [0.2, 0.25) is 0 Å². The highest BCUT2D eigenvalue weighted by molar-refractivity contribution is 8.19. The van der Waals surface area contributed by atoms with Crippen molar-refractivity contribution < 1.29 is 64.7 Å². The number of hydrogen-bond acceptors (Lipinski definition) is 29. The Morgan fingerprint density at radius 3 is 0.932 bits per heavy atom. The monoisotopic (exact) mass is 2060 g/mol. The smallest absolute Gasteiger partial charge is 0.360 e. The minimum atomic E-state index is -4.41. The summed E-state index contributed by atoms with van der Waals surface area (Å²) in [5.41, 5.74) is 11.5. The lowest BCUT2D eigenvalue weighted by atomic mass is 9.84. The lowest BCUT2D eigenvalue weighted by molar-refractivity contribution is -0.138. The van der Waals surface area contributed by atoms with Crippen molar-refractivity contribution in [3.05, 3.63) is 301 Å². The topological polar surface area (TPSA) is 432 Å². The zero-order valence-corrected chi connectivity index (χ0v) is 82.2. The van der Waals surface area contributed by atoms with Crippen LogP contribution in [0, 0.1) is 23.7 Å². The van der Waals surface area contributed by atoms with Gasteiger partial charge in [-0.2, -0.15) is 31.4 Å².